The predicted molar refractivity (Wildman–Crippen MR) is 230 cm³/mol. The zero-order valence-corrected chi connectivity index (χ0v) is 30.8. The third-order valence-corrected chi connectivity index (χ3v) is 9.87. The number of pyridine rings is 6. The third-order valence-electron chi connectivity index (χ3n) is 9.87. The van der Waals surface area contributed by atoms with Gasteiger partial charge >= 0.3 is 0 Å². The van der Waals surface area contributed by atoms with Gasteiger partial charge in [0, 0.05) is 70.6 Å². The van der Waals surface area contributed by atoms with Crippen molar-refractivity contribution >= 4 is 32.3 Å². The largest absolute Gasteiger partial charge is 0.255 e. The van der Waals surface area contributed by atoms with Crippen LogP contribution in [-0.2, 0) is 0 Å². The second-order valence-corrected chi connectivity index (χ2v) is 13.6. The minimum absolute atomic E-state index is 0.762. The van der Waals surface area contributed by atoms with E-state index in [-0.39, 0.29) is 0 Å². The smallest absolute Gasteiger partial charge is 0.0887 e. The van der Waals surface area contributed by atoms with Gasteiger partial charge in [-0.25, -0.2) is 0 Å². The quantitative estimate of drug-likeness (QED) is 0.133. The number of rotatable bonds is 3. The van der Waals surface area contributed by atoms with Crippen LogP contribution in [0.4, 0.5) is 0 Å². The van der Waals surface area contributed by atoms with Crippen molar-refractivity contribution in [3.05, 3.63) is 204 Å². The minimum atomic E-state index is 0.762. The molecule has 0 spiro atoms. The molecule has 0 saturated heterocycles. The summed E-state index contributed by atoms with van der Waals surface area (Å²) in [4.78, 5) is 27.1. The van der Waals surface area contributed by atoms with Crippen LogP contribution in [0.3, 0.4) is 0 Å². The Labute approximate surface area is 334 Å². The highest BCUT2D eigenvalue weighted by Crippen LogP contribution is 2.37. The first-order valence-electron chi connectivity index (χ1n) is 18.7. The van der Waals surface area contributed by atoms with E-state index in [0.29, 0.717) is 0 Å². The molecule has 6 heteroatoms. The van der Waals surface area contributed by atoms with Gasteiger partial charge < -0.3 is 0 Å². The Morgan fingerprint density at radius 2 is 0.621 bits per heavy atom. The van der Waals surface area contributed by atoms with Crippen LogP contribution in [0.5, 0.6) is 0 Å². The maximum atomic E-state index is 4.68. The highest BCUT2D eigenvalue weighted by Gasteiger charge is 2.12. The molecule has 0 amide bonds. The number of benzene rings is 4. The standard InChI is InChI=1S/C52H28N6/c1-3-29-53-45(5-1)47-25-11-35(31-55-47)7-8-36-12-27-49(57-32-36)50-28-14-38(34-58-50)10-16-40-18-20-42-21-23-43-39(17-19-41-22-24-44(40)52(42)51(41)43)15-9-37-13-26-48(56-33-37)46-6-2-4-30-54-46/h1-6,11-14,17-34H. The zero-order chi connectivity index (χ0) is 38.7. The summed E-state index contributed by atoms with van der Waals surface area (Å²) in [5.41, 5.74) is 10.0. The van der Waals surface area contributed by atoms with Gasteiger partial charge in [0.2, 0.25) is 0 Å². The fraction of sp³-hybridized carbons (Fsp3) is 0. The predicted octanol–water partition coefficient (Wildman–Crippen LogP) is 10.2. The molecular formula is C52H28N6. The number of hydrogen-bond donors (Lipinski definition) is 0. The van der Waals surface area contributed by atoms with Crippen molar-refractivity contribution in [2.75, 3.05) is 0 Å². The van der Waals surface area contributed by atoms with Gasteiger partial charge in [0.15, 0.2) is 0 Å². The van der Waals surface area contributed by atoms with E-state index in [1.165, 1.54) is 21.5 Å². The molecule has 6 aromatic heterocycles. The molecule has 266 valence electrons. The molecule has 0 radical (unpaired) electrons. The maximum Gasteiger partial charge on any atom is 0.0887 e. The van der Waals surface area contributed by atoms with Crippen LogP contribution in [0.25, 0.3) is 66.5 Å². The van der Waals surface area contributed by atoms with Gasteiger partial charge in [0.1, 0.15) is 0 Å². The molecule has 4 aromatic carbocycles. The van der Waals surface area contributed by atoms with Crippen LogP contribution in [0.2, 0.25) is 0 Å². The van der Waals surface area contributed by atoms with Gasteiger partial charge in [0.25, 0.3) is 0 Å². The van der Waals surface area contributed by atoms with Crippen molar-refractivity contribution in [1.82, 2.24) is 29.9 Å². The molecule has 0 aliphatic rings. The number of nitrogens with zero attached hydrogens (tertiary/aromatic N) is 6. The summed E-state index contributed by atoms with van der Waals surface area (Å²) in [5.74, 6) is 19.8. The van der Waals surface area contributed by atoms with Crippen molar-refractivity contribution in [2.45, 2.75) is 0 Å². The average molecular weight is 737 g/mol. The molecule has 6 heterocycles. The molecule has 0 bridgehead atoms. The summed E-state index contributed by atoms with van der Waals surface area (Å²) in [5, 5.41) is 6.94. The first kappa shape index (κ1) is 34.0. The van der Waals surface area contributed by atoms with Gasteiger partial charge in [-0.15, -0.1) is 0 Å². The summed E-state index contributed by atoms with van der Waals surface area (Å²) in [6.45, 7) is 0. The third kappa shape index (κ3) is 6.84. The summed E-state index contributed by atoms with van der Waals surface area (Å²) < 4.78 is 0. The first-order valence-corrected chi connectivity index (χ1v) is 18.7. The van der Waals surface area contributed by atoms with Gasteiger partial charge in [-0.05, 0) is 117 Å². The van der Waals surface area contributed by atoms with Gasteiger partial charge in [-0.2, -0.15) is 0 Å². The van der Waals surface area contributed by atoms with E-state index in [1.54, 1.807) is 37.2 Å². The molecule has 0 aliphatic carbocycles. The lowest BCUT2D eigenvalue weighted by Crippen LogP contribution is -1.90. The van der Waals surface area contributed by atoms with E-state index in [2.05, 4.69) is 114 Å². The summed E-state index contributed by atoms with van der Waals surface area (Å²) in [7, 11) is 0. The molecule has 0 atom stereocenters. The second kappa shape index (κ2) is 15.0. The Kier molecular flexibility index (Phi) is 8.78. The average Bonchev–Trinajstić information content (AvgIpc) is 3.30. The minimum Gasteiger partial charge on any atom is -0.255 e. The normalized spacial score (nSPS) is 10.7. The lowest BCUT2D eigenvalue weighted by atomic mass is 9.90. The molecule has 10 rings (SSSR count). The van der Waals surface area contributed by atoms with E-state index in [4.69, 9.17) is 0 Å². The van der Waals surface area contributed by atoms with E-state index < -0.39 is 0 Å². The fourth-order valence-corrected chi connectivity index (χ4v) is 6.95. The molecule has 58 heavy (non-hydrogen) atoms. The Morgan fingerprint density at radius 1 is 0.276 bits per heavy atom. The van der Waals surface area contributed by atoms with Crippen LogP contribution in [0, 0.1) is 35.5 Å². The molecule has 0 unspecified atom stereocenters. The van der Waals surface area contributed by atoms with Crippen molar-refractivity contribution < 1.29 is 0 Å². The monoisotopic (exact) mass is 736 g/mol. The molecule has 6 nitrogen and oxygen atoms in total. The molecule has 0 saturated carbocycles. The molecule has 0 aliphatic heterocycles. The molecule has 0 fully saturated rings. The van der Waals surface area contributed by atoms with E-state index in [9.17, 15) is 0 Å². The summed E-state index contributed by atoms with van der Waals surface area (Å²) in [6.07, 6.45) is 10.6. The zero-order valence-electron chi connectivity index (χ0n) is 30.8. The first-order chi connectivity index (χ1) is 28.7. The van der Waals surface area contributed by atoms with Gasteiger partial charge in [-0.3, -0.25) is 29.9 Å². The van der Waals surface area contributed by atoms with Crippen LogP contribution in [0.1, 0.15) is 33.4 Å². The van der Waals surface area contributed by atoms with Crippen molar-refractivity contribution in [3.8, 4) is 69.7 Å². The second-order valence-electron chi connectivity index (χ2n) is 13.6. The highest BCUT2D eigenvalue weighted by molar-refractivity contribution is 6.24. The Morgan fingerprint density at radius 3 is 0.948 bits per heavy atom. The van der Waals surface area contributed by atoms with Crippen LogP contribution in [-0.4, -0.2) is 29.9 Å². The van der Waals surface area contributed by atoms with Crippen LogP contribution >= 0.6 is 0 Å². The summed E-state index contributed by atoms with van der Waals surface area (Å²) in [6, 6.07) is 44.4. The van der Waals surface area contributed by atoms with E-state index in [0.717, 1.165) is 78.3 Å². The topological polar surface area (TPSA) is 77.3 Å². The van der Waals surface area contributed by atoms with Crippen LogP contribution in [0.15, 0.2) is 171 Å². The van der Waals surface area contributed by atoms with Crippen molar-refractivity contribution in [2.24, 2.45) is 0 Å². The Balaban J connectivity index is 0.871. The van der Waals surface area contributed by atoms with Crippen LogP contribution < -0.4 is 0 Å². The number of aromatic nitrogens is 6. The molecular weight excluding hydrogens is 709 g/mol. The molecule has 0 N–H and O–H groups in total. The lowest BCUT2D eigenvalue weighted by Gasteiger charge is -2.13. The maximum absolute atomic E-state index is 4.68. The summed E-state index contributed by atoms with van der Waals surface area (Å²) >= 11 is 0. The van der Waals surface area contributed by atoms with Gasteiger partial charge in [-0.1, -0.05) is 84.1 Å². The van der Waals surface area contributed by atoms with Crippen molar-refractivity contribution in [1.29, 1.82) is 0 Å². The fourth-order valence-electron chi connectivity index (χ4n) is 6.95. The Hall–Kier alpha value is -8.50. The van der Waals surface area contributed by atoms with E-state index >= 15 is 0 Å². The highest BCUT2D eigenvalue weighted by atomic mass is 14.8. The van der Waals surface area contributed by atoms with Gasteiger partial charge in [0.05, 0.1) is 34.2 Å². The van der Waals surface area contributed by atoms with Crippen molar-refractivity contribution in [3.63, 3.8) is 0 Å². The lowest BCUT2D eigenvalue weighted by molar-refractivity contribution is 1.23. The molecule has 10 aromatic rings. The van der Waals surface area contributed by atoms with E-state index in [1.807, 2.05) is 84.9 Å². The SMILES string of the molecule is C(#Cc1ccc(-c2ccc(C#Cc3ccc4ccc5c(C#Cc6ccc(-c7ccccn7)nc6)ccc6ccc3c4c65)cn2)nc1)c1ccc(-c2ccccn2)nc1. The number of hydrogen-bond acceptors (Lipinski definition) is 6. The Bertz CT molecular complexity index is 3290.